The molecule has 0 unspecified atom stereocenters. The average Bonchev–Trinajstić information content (AvgIpc) is 2.43. The summed E-state index contributed by atoms with van der Waals surface area (Å²) in [4.78, 5) is 10.7. The summed E-state index contributed by atoms with van der Waals surface area (Å²) in [6, 6.07) is 10.5. The van der Waals surface area contributed by atoms with Gasteiger partial charge in [-0.15, -0.1) is 0 Å². The van der Waals surface area contributed by atoms with E-state index in [-0.39, 0.29) is 10.5 Å². The van der Waals surface area contributed by atoms with Crippen LogP contribution in [0.25, 0.3) is 0 Å². The fourth-order valence-electron chi connectivity index (χ4n) is 1.84. The van der Waals surface area contributed by atoms with E-state index >= 15 is 0 Å². The fourth-order valence-corrected chi connectivity index (χ4v) is 3.01. The molecule has 2 aromatic carbocycles. The smallest absolute Gasteiger partial charge is 0.261 e. The van der Waals surface area contributed by atoms with Crippen molar-refractivity contribution in [3.63, 3.8) is 0 Å². The minimum Gasteiger partial charge on any atom is -0.545 e. The number of carboxylic acid groups (broad SMARTS) is 1. The lowest BCUT2D eigenvalue weighted by Crippen LogP contribution is -2.23. The van der Waals surface area contributed by atoms with Gasteiger partial charge in [0, 0.05) is 0 Å². The Kier molecular flexibility index (Phi) is 3.99. The van der Waals surface area contributed by atoms with Crippen LogP contribution in [-0.4, -0.2) is 14.4 Å². The molecule has 0 aliphatic heterocycles. The minimum absolute atomic E-state index is 0.120. The lowest BCUT2D eigenvalue weighted by molar-refractivity contribution is -0.255. The molecule has 1 N–H and O–H groups in total. The monoisotopic (exact) mass is 304 g/mol. The number of carboxylic acids is 1. The molecule has 0 amide bonds. The van der Waals surface area contributed by atoms with E-state index in [0.717, 1.165) is 17.2 Å². The summed E-state index contributed by atoms with van der Waals surface area (Å²) in [5.74, 6) is -1.42. The second-order valence-corrected chi connectivity index (χ2v) is 6.42. The highest BCUT2D eigenvalue weighted by Crippen LogP contribution is 2.21. The summed E-state index contributed by atoms with van der Waals surface area (Å²) >= 11 is 0. The van der Waals surface area contributed by atoms with Crippen molar-refractivity contribution in [2.24, 2.45) is 0 Å². The van der Waals surface area contributed by atoms with Crippen LogP contribution in [-0.2, 0) is 10.0 Å². The number of aryl methyl sites for hydroxylation is 2. The van der Waals surface area contributed by atoms with Gasteiger partial charge in [0.1, 0.15) is 0 Å². The first-order valence-electron chi connectivity index (χ1n) is 6.21. The average molecular weight is 304 g/mol. The molecule has 0 radical (unpaired) electrons. The third-order valence-electron chi connectivity index (χ3n) is 3.02. The Bertz CT molecular complexity index is 797. The number of nitrogens with one attached hydrogen (secondary N) is 1. The highest BCUT2D eigenvalue weighted by Gasteiger charge is 2.16. The van der Waals surface area contributed by atoms with Gasteiger partial charge in [-0.25, -0.2) is 8.42 Å². The van der Waals surface area contributed by atoms with Crippen LogP contribution in [0.3, 0.4) is 0 Å². The fraction of sp³-hybridized carbons (Fsp3) is 0.133. The molecule has 2 aromatic rings. The maximum Gasteiger partial charge on any atom is 0.261 e. The van der Waals surface area contributed by atoms with Crippen molar-refractivity contribution in [2.75, 3.05) is 4.72 Å². The summed E-state index contributed by atoms with van der Waals surface area (Å²) in [6.07, 6.45) is 0. The highest BCUT2D eigenvalue weighted by atomic mass is 32.2. The Morgan fingerprint density at radius 2 is 1.81 bits per heavy atom. The maximum absolute atomic E-state index is 12.3. The number of hydrogen-bond acceptors (Lipinski definition) is 4. The van der Waals surface area contributed by atoms with Gasteiger partial charge in [-0.3, -0.25) is 4.72 Å². The first kappa shape index (κ1) is 15.1. The summed E-state index contributed by atoms with van der Waals surface area (Å²) in [6.45, 7) is 3.64. The molecule has 0 atom stereocenters. The molecule has 0 bridgehead atoms. The Balaban J connectivity index is 2.41. The van der Waals surface area contributed by atoms with Crippen LogP contribution in [0.1, 0.15) is 21.5 Å². The molecular weight excluding hydrogens is 290 g/mol. The molecule has 0 aromatic heterocycles. The third kappa shape index (κ3) is 3.41. The summed E-state index contributed by atoms with van der Waals surface area (Å²) < 4.78 is 27.1. The normalized spacial score (nSPS) is 11.1. The number of hydrogen-bond donors (Lipinski definition) is 1. The summed E-state index contributed by atoms with van der Waals surface area (Å²) in [5.41, 5.74) is 1.98. The van der Waals surface area contributed by atoms with Crippen LogP contribution in [0.2, 0.25) is 0 Å². The van der Waals surface area contributed by atoms with E-state index < -0.39 is 16.0 Å². The standard InChI is InChI=1S/C15H15NO4S/c1-10-6-7-11(2)14(8-10)16-21(19,20)13-5-3-4-12(9-13)15(17)18/h3-9,16H,1-2H3,(H,17,18)/p-1. The largest absolute Gasteiger partial charge is 0.545 e. The van der Waals surface area contributed by atoms with Crippen LogP contribution in [0.15, 0.2) is 47.4 Å². The molecule has 21 heavy (non-hydrogen) atoms. The van der Waals surface area contributed by atoms with Crippen molar-refractivity contribution in [3.05, 3.63) is 59.2 Å². The predicted molar refractivity (Wildman–Crippen MR) is 77.5 cm³/mol. The molecule has 0 spiro atoms. The zero-order valence-electron chi connectivity index (χ0n) is 11.6. The molecule has 0 saturated heterocycles. The van der Waals surface area contributed by atoms with E-state index in [1.54, 1.807) is 13.0 Å². The zero-order chi connectivity index (χ0) is 15.6. The molecule has 0 fully saturated rings. The van der Waals surface area contributed by atoms with Gasteiger partial charge in [-0.2, -0.15) is 0 Å². The van der Waals surface area contributed by atoms with Crippen LogP contribution < -0.4 is 9.83 Å². The van der Waals surface area contributed by atoms with Crippen molar-refractivity contribution in [1.29, 1.82) is 0 Å². The van der Waals surface area contributed by atoms with Gasteiger partial charge in [0.05, 0.1) is 16.6 Å². The van der Waals surface area contributed by atoms with E-state index in [2.05, 4.69) is 4.72 Å². The molecule has 110 valence electrons. The topological polar surface area (TPSA) is 86.3 Å². The SMILES string of the molecule is Cc1ccc(C)c(NS(=O)(=O)c2cccc(C(=O)[O-])c2)c1. The van der Waals surface area contributed by atoms with E-state index in [1.165, 1.54) is 18.2 Å². The number of anilines is 1. The Hall–Kier alpha value is -2.34. The van der Waals surface area contributed by atoms with Crippen molar-refractivity contribution < 1.29 is 18.3 Å². The first-order valence-corrected chi connectivity index (χ1v) is 7.69. The molecule has 2 rings (SSSR count). The van der Waals surface area contributed by atoms with Crippen molar-refractivity contribution in [2.45, 2.75) is 18.7 Å². The van der Waals surface area contributed by atoms with E-state index in [1.807, 2.05) is 19.1 Å². The van der Waals surface area contributed by atoms with Crippen LogP contribution in [0.4, 0.5) is 5.69 Å². The first-order chi connectivity index (χ1) is 9.79. The van der Waals surface area contributed by atoms with Gasteiger partial charge in [0.25, 0.3) is 10.0 Å². The third-order valence-corrected chi connectivity index (χ3v) is 4.38. The van der Waals surface area contributed by atoms with Gasteiger partial charge in [-0.05, 0) is 48.7 Å². The molecule has 0 aliphatic carbocycles. The number of carbonyl (C=O) groups excluding carboxylic acids is 1. The molecule has 6 heteroatoms. The number of rotatable bonds is 4. The Morgan fingerprint density at radius 3 is 2.48 bits per heavy atom. The van der Waals surface area contributed by atoms with Crippen molar-refractivity contribution in [1.82, 2.24) is 0 Å². The Morgan fingerprint density at radius 1 is 1.10 bits per heavy atom. The van der Waals surface area contributed by atoms with E-state index in [4.69, 9.17) is 0 Å². The van der Waals surface area contributed by atoms with Crippen LogP contribution >= 0.6 is 0 Å². The van der Waals surface area contributed by atoms with Gasteiger partial charge < -0.3 is 9.90 Å². The molecule has 0 aliphatic rings. The highest BCUT2D eigenvalue weighted by molar-refractivity contribution is 7.92. The number of sulfonamides is 1. The molecule has 5 nitrogen and oxygen atoms in total. The number of carbonyl (C=O) groups is 1. The maximum atomic E-state index is 12.3. The molecular formula is C15H14NO4S-. The van der Waals surface area contributed by atoms with Gasteiger partial charge >= 0.3 is 0 Å². The second-order valence-electron chi connectivity index (χ2n) is 4.74. The summed E-state index contributed by atoms with van der Waals surface area (Å²) in [5, 5.41) is 10.8. The quantitative estimate of drug-likeness (QED) is 0.926. The van der Waals surface area contributed by atoms with E-state index in [0.29, 0.717) is 5.69 Å². The predicted octanol–water partition coefficient (Wildman–Crippen LogP) is 1.47. The second kappa shape index (κ2) is 5.57. The summed E-state index contributed by atoms with van der Waals surface area (Å²) in [7, 11) is -3.85. The van der Waals surface area contributed by atoms with Gasteiger partial charge in [0.2, 0.25) is 0 Å². The lowest BCUT2D eigenvalue weighted by Gasteiger charge is -2.12. The van der Waals surface area contributed by atoms with Gasteiger partial charge in [0.15, 0.2) is 0 Å². The zero-order valence-corrected chi connectivity index (χ0v) is 12.4. The van der Waals surface area contributed by atoms with Crippen molar-refractivity contribution >= 4 is 21.7 Å². The van der Waals surface area contributed by atoms with E-state index in [9.17, 15) is 18.3 Å². The van der Waals surface area contributed by atoms with Crippen LogP contribution in [0.5, 0.6) is 0 Å². The lowest BCUT2D eigenvalue weighted by atomic mass is 10.1. The number of aromatic carboxylic acids is 1. The van der Waals surface area contributed by atoms with Crippen molar-refractivity contribution in [3.8, 4) is 0 Å². The Labute approximate surface area is 123 Å². The molecule has 0 saturated carbocycles. The number of benzene rings is 2. The molecule has 0 heterocycles. The van der Waals surface area contributed by atoms with Crippen LogP contribution in [0, 0.1) is 13.8 Å². The van der Waals surface area contributed by atoms with Gasteiger partial charge in [-0.1, -0.05) is 24.3 Å². The minimum atomic E-state index is -3.85.